The first-order valence-corrected chi connectivity index (χ1v) is 9.22. The molecule has 1 aliphatic rings. The average Bonchev–Trinajstić information content (AvgIpc) is 2.67. The monoisotopic (exact) mass is 370 g/mol. The Balaban J connectivity index is 1.60. The molecular formula is C21H26N2O4. The number of nitrogens with zero attached hydrogens (tertiary/aromatic N) is 2. The van der Waals surface area contributed by atoms with E-state index in [1.807, 2.05) is 35.2 Å². The van der Waals surface area contributed by atoms with Crippen molar-refractivity contribution in [1.82, 2.24) is 9.80 Å². The van der Waals surface area contributed by atoms with Crippen LogP contribution < -0.4 is 4.74 Å². The van der Waals surface area contributed by atoms with Gasteiger partial charge in [0, 0.05) is 20.1 Å². The van der Waals surface area contributed by atoms with E-state index in [1.165, 1.54) is 0 Å². The molecule has 0 spiro atoms. The summed E-state index contributed by atoms with van der Waals surface area (Å²) in [5.41, 5.74) is 1.06. The maximum atomic E-state index is 12.6. The molecule has 144 valence electrons. The van der Waals surface area contributed by atoms with Crippen LogP contribution in [0.15, 0.2) is 36.4 Å². The van der Waals surface area contributed by atoms with E-state index in [9.17, 15) is 14.7 Å². The molecule has 0 aromatic heterocycles. The van der Waals surface area contributed by atoms with Gasteiger partial charge in [0.2, 0.25) is 5.91 Å². The smallest absolute Gasteiger partial charge is 0.307 e. The average molecular weight is 370 g/mol. The SMILES string of the molecule is COc1ccc2cc(CN(C)C(=O)CN3CCCC(C(=O)O)C3)ccc2c1. The van der Waals surface area contributed by atoms with Gasteiger partial charge in [-0.1, -0.05) is 18.2 Å². The number of rotatable bonds is 6. The summed E-state index contributed by atoms with van der Waals surface area (Å²) in [4.78, 5) is 27.4. The number of amides is 1. The minimum atomic E-state index is -0.770. The van der Waals surface area contributed by atoms with Gasteiger partial charge in [0.05, 0.1) is 19.6 Å². The first-order chi connectivity index (χ1) is 13.0. The van der Waals surface area contributed by atoms with Gasteiger partial charge in [-0.25, -0.2) is 0 Å². The third-order valence-electron chi connectivity index (χ3n) is 5.17. The number of likely N-dealkylation sites (tertiary alicyclic amines) is 1. The summed E-state index contributed by atoms with van der Waals surface area (Å²) in [6.45, 7) is 2.02. The van der Waals surface area contributed by atoms with Gasteiger partial charge in [-0.15, -0.1) is 0 Å². The molecule has 1 unspecified atom stereocenters. The van der Waals surface area contributed by atoms with Gasteiger partial charge in [-0.05, 0) is 53.9 Å². The van der Waals surface area contributed by atoms with Crippen LogP contribution in [0.5, 0.6) is 5.75 Å². The molecule has 0 saturated carbocycles. The van der Waals surface area contributed by atoms with E-state index in [1.54, 1.807) is 19.1 Å². The lowest BCUT2D eigenvalue weighted by Crippen LogP contribution is -2.44. The zero-order valence-corrected chi connectivity index (χ0v) is 15.9. The molecule has 27 heavy (non-hydrogen) atoms. The summed E-state index contributed by atoms with van der Waals surface area (Å²) in [6, 6.07) is 12.1. The normalized spacial score (nSPS) is 17.6. The summed E-state index contributed by atoms with van der Waals surface area (Å²) in [5, 5.41) is 11.4. The number of hydrogen-bond acceptors (Lipinski definition) is 4. The number of hydrogen-bond donors (Lipinski definition) is 1. The van der Waals surface area contributed by atoms with Crippen molar-refractivity contribution < 1.29 is 19.4 Å². The van der Waals surface area contributed by atoms with Gasteiger partial charge in [0.25, 0.3) is 0 Å². The van der Waals surface area contributed by atoms with Gasteiger partial charge >= 0.3 is 5.97 Å². The van der Waals surface area contributed by atoms with Crippen molar-refractivity contribution in [1.29, 1.82) is 0 Å². The molecule has 0 aliphatic carbocycles. The molecule has 1 saturated heterocycles. The zero-order valence-electron chi connectivity index (χ0n) is 15.9. The minimum Gasteiger partial charge on any atom is -0.497 e. The Morgan fingerprint density at radius 3 is 2.70 bits per heavy atom. The first-order valence-electron chi connectivity index (χ1n) is 9.22. The fraction of sp³-hybridized carbons (Fsp3) is 0.429. The van der Waals surface area contributed by atoms with Crippen LogP contribution in [0, 0.1) is 5.92 Å². The third-order valence-corrected chi connectivity index (χ3v) is 5.17. The second-order valence-corrected chi connectivity index (χ2v) is 7.21. The van der Waals surface area contributed by atoms with Crippen molar-refractivity contribution in [3.63, 3.8) is 0 Å². The van der Waals surface area contributed by atoms with Crippen LogP contribution in [-0.2, 0) is 16.1 Å². The van der Waals surface area contributed by atoms with Gasteiger partial charge in [-0.3, -0.25) is 14.5 Å². The highest BCUT2D eigenvalue weighted by atomic mass is 16.5. The number of carboxylic acids is 1. The van der Waals surface area contributed by atoms with E-state index in [0.717, 1.165) is 35.1 Å². The van der Waals surface area contributed by atoms with Crippen molar-refractivity contribution in [3.05, 3.63) is 42.0 Å². The standard InChI is InChI=1S/C21H26N2O4/c1-22(20(24)14-23-9-3-4-18(13-23)21(25)26)12-15-5-6-17-11-19(27-2)8-7-16(17)10-15/h5-8,10-11,18H,3-4,9,12-14H2,1-2H3,(H,25,26). The van der Waals surface area contributed by atoms with Crippen molar-refractivity contribution in [3.8, 4) is 5.75 Å². The highest BCUT2D eigenvalue weighted by Gasteiger charge is 2.27. The number of ether oxygens (including phenoxy) is 1. The molecule has 2 aromatic rings. The summed E-state index contributed by atoms with van der Waals surface area (Å²) in [5.74, 6) is -0.303. The summed E-state index contributed by atoms with van der Waals surface area (Å²) < 4.78 is 5.25. The lowest BCUT2D eigenvalue weighted by Gasteiger charge is -2.31. The largest absolute Gasteiger partial charge is 0.497 e. The molecule has 6 nitrogen and oxygen atoms in total. The topological polar surface area (TPSA) is 70.1 Å². The number of carbonyl (C=O) groups is 2. The number of benzene rings is 2. The van der Waals surface area contributed by atoms with Crippen LogP contribution in [0.1, 0.15) is 18.4 Å². The molecule has 1 atom stereocenters. The van der Waals surface area contributed by atoms with Crippen molar-refractivity contribution in [2.45, 2.75) is 19.4 Å². The highest BCUT2D eigenvalue weighted by molar-refractivity contribution is 5.85. The van der Waals surface area contributed by atoms with Crippen LogP contribution in [0.25, 0.3) is 10.8 Å². The first kappa shape index (κ1) is 19.2. The predicted molar refractivity (Wildman–Crippen MR) is 104 cm³/mol. The van der Waals surface area contributed by atoms with Crippen molar-refractivity contribution in [2.24, 2.45) is 5.92 Å². The molecule has 1 amide bonds. The van der Waals surface area contributed by atoms with Crippen molar-refractivity contribution >= 4 is 22.6 Å². The summed E-state index contributed by atoms with van der Waals surface area (Å²) in [6.07, 6.45) is 1.51. The Bertz CT molecular complexity index is 836. The molecular weight excluding hydrogens is 344 g/mol. The molecule has 2 aromatic carbocycles. The van der Waals surface area contributed by atoms with Gasteiger partial charge in [0.15, 0.2) is 0 Å². The van der Waals surface area contributed by atoms with E-state index in [-0.39, 0.29) is 18.4 Å². The predicted octanol–water partition coefficient (Wildman–Crippen LogP) is 2.60. The van der Waals surface area contributed by atoms with Crippen LogP contribution in [0.2, 0.25) is 0 Å². The minimum absolute atomic E-state index is 0.0101. The highest BCUT2D eigenvalue weighted by Crippen LogP contribution is 2.22. The number of methoxy groups -OCH3 is 1. The second-order valence-electron chi connectivity index (χ2n) is 7.21. The quantitative estimate of drug-likeness (QED) is 0.846. The fourth-order valence-corrected chi connectivity index (χ4v) is 3.57. The van der Waals surface area contributed by atoms with Gasteiger partial charge in [-0.2, -0.15) is 0 Å². The Labute approximate surface area is 159 Å². The van der Waals surface area contributed by atoms with E-state index in [4.69, 9.17) is 4.74 Å². The molecule has 0 bridgehead atoms. The Morgan fingerprint density at radius 1 is 1.22 bits per heavy atom. The molecule has 0 radical (unpaired) electrons. The van der Waals surface area contributed by atoms with Crippen LogP contribution in [0.4, 0.5) is 0 Å². The number of likely N-dealkylation sites (N-methyl/N-ethyl adjacent to an activating group) is 1. The fourth-order valence-electron chi connectivity index (χ4n) is 3.57. The zero-order chi connectivity index (χ0) is 19.4. The number of carboxylic acid groups (broad SMARTS) is 1. The van der Waals surface area contributed by atoms with Crippen molar-refractivity contribution in [2.75, 3.05) is 33.8 Å². The molecule has 1 aliphatic heterocycles. The maximum absolute atomic E-state index is 12.6. The number of fused-ring (bicyclic) bond motifs is 1. The Morgan fingerprint density at radius 2 is 1.96 bits per heavy atom. The second kappa shape index (κ2) is 8.39. The van der Waals surface area contributed by atoms with Gasteiger partial charge in [0.1, 0.15) is 5.75 Å². The maximum Gasteiger partial charge on any atom is 0.307 e. The molecule has 3 rings (SSSR count). The lowest BCUT2D eigenvalue weighted by atomic mass is 9.98. The molecule has 1 fully saturated rings. The van der Waals surface area contributed by atoms with Crippen LogP contribution >= 0.6 is 0 Å². The number of carbonyl (C=O) groups excluding carboxylic acids is 1. The Kier molecular flexibility index (Phi) is 5.96. The lowest BCUT2D eigenvalue weighted by molar-refractivity contribution is -0.144. The van der Waals surface area contributed by atoms with E-state index in [0.29, 0.717) is 19.5 Å². The van der Waals surface area contributed by atoms with Gasteiger partial charge < -0.3 is 14.7 Å². The van der Waals surface area contributed by atoms with E-state index in [2.05, 4.69) is 6.07 Å². The Hall–Kier alpha value is -2.60. The molecule has 1 N–H and O–H groups in total. The third kappa shape index (κ3) is 4.77. The summed E-state index contributed by atoms with van der Waals surface area (Å²) in [7, 11) is 3.44. The number of aliphatic carboxylic acids is 1. The number of piperidine rings is 1. The van der Waals surface area contributed by atoms with Crippen LogP contribution in [-0.4, -0.2) is 60.6 Å². The molecule has 1 heterocycles. The van der Waals surface area contributed by atoms with Crippen LogP contribution in [0.3, 0.4) is 0 Å². The summed E-state index contributed by atoms with van der Waals surface area (Å²) >= 11 is 0. The van der Waals surface area contributed by atoms with E-state index < -0.39 is 5.97 Å². The van der Waals surface area contributed by atoms with E-state index >= 15 is 0 Å². The molecule has 6 heteroatoms.